The first-order chi connectivity index (χ1) is 12.5. The Hall–Kier alpha value is -2.95. The predicted molar refractivity (Wildman–Crippen MR) is 98.5 cm³/mol. The molecule has 2 aromatic carbocycles. The number of nitrogens with zero attached hydrogens (tertiary/aromatic N) is 1. The molecule has 0 spiro atoms. The van der Waals surface area contributed by atoms with Gasteiger partial charge in [0.25, 0.3) is 0 Å². The minimum absolute atomic E-state index is 0.0973. The van der Waals surface area contributed by atoms with E-state index in [4.69, 9.17) is 0 Å². The number of amides is 2. The number of carbonyl (C=O) groups excluding carboxylic acids is 2. The normalized spacial score (nSPS) is 15.5. The lowest BCUT2D eigenvalue weighted by atomic mass is 9.93. The molecule has 1 unspecified atom stereocenters. The van der Waals surface area contributed by atoms with Crippen molar-refractivity contribution in [2.45, 2.75) is 25.8 Å². The van der Waals surface area contributed by atoms with E-state index in [1.807, 2.05) is 30.3 Å². The fourth-order valence-corrected chi connectivity index (χ4v) is 3.16. The summed E-state index contributed by atoms with van der Waals surface area (Å²) in [5, 5.41) is 2.89. The van der Waals surface area contributed by atoms with Crippen LogP contribution in [-0.2, 0) is 16.0 Å². The van der Waals surface area contributed by atoms with Crippen molar-refractivity contribution in [3.8, 4) is 0 Å². The molecule has 0 saturated heterocycles. The van der Waals surface area contributed by atoms with Gasteiger partial charge >= 0.3 is 0 Å². The van der Waals surface area contributed by atoms with Gasteiger partial charge in [-0.2, -0.15) is 0 Å². The lowest BCUT2D eigenvalue weighted by Gasteiger charge is -2.32. The Morgan fingerprint density at radius 1 is 1.12 bits per heavy atom. The van der Waals surface area contributed by atoms with E-state index in [9.17, 15) is 14.0 Å². The third-order valence-corrected chi connectivity index (χ3v) is 4.50. The van der Waals surface area contributed by atoms with Crippen LogP contribution in [0.25, 0.3) is 6.08 Å². The lowest BCUT2D eigenvalue weighted by Crippen LogP contribution is -2.35. The molecule has 0 aromatic heterocycles. The molecule has 4 nitrogen and oxygen atoms in total. The Kier molecular flexibility index (Phi) is 5.46. The molecule has 0 fully saturated rings. The summed E-state index contributed by atoms with van der Waals surface area (Å²) in [6, 6.07) is 13.7. The molecule has 5 heteroatoms. The van der Waals surface area contributed by atoms with Crippen LogP contribution in [0, 0.1) is 5.82 Å². The van der Waals surface area contributed by atoms with Crippen molar-refractivity contribution in [1.29, 1.82) is 0 Å². The maximum Gasteiger partial charge on any atom is 0.223 e. The van der Waals surface area contributed by atoms with Crippen molar-refractivity contribution in [3.05, 3.63) is 77.2 Å². The van der Waals surface area contributed by atoms with Crippen LogP contribution in [0.5, 0.6) is 0 Å². The standard InChI is InChI=1S/C21H21FN2O2/c1-15(25)24-13-11-17-4-2-3-5-19(17)20(24)14-21(26)23-12-10-16-6-8-18(22)9-7-16/h2-9,11,13,20H,10,12,14H2,1H3,(H,23,26). The van der Waals surface area contributed by atoms with Crippen molar-refractivity contribution in [2.75, 3.05) is 6.54 Å². The zero-order chi connectivity index (χ0) is 18.5. The summed E-state index contributed by atoms with van der Waals surface area (Å²) >= 11 is 0. The number of hydrogen-bond acceptors (Lipinski definition) is 2. The molecule has 3 rings (SSSR count). The molecule has 0 bridgehead atoms. The van der Waals surface area contributed by atoms with Gasteiger partial charge in [0.15, 0.2) is 0 Å². The van der Waals surface area contributed by atoms with Crippen LogP contribution in [0.3, 0.4) is 0 Å². The molecule has 2 amide bonds. The SMILES string of the molecule is CC(=O)N1C=Cc2ccccc2C1CC(=O)NCCc1ccc(F)cc1. The average Bonchev–Trinajstić information content (AvgIpc) is 2.63. The van der Waals surface area contributed by atoms with Crippen LogP contribution in [0.1, 0.15) is 36.1 Å². The van der Waals surface area contributed by atoms with E-state index in [1.54, 1.807) is 23.2 Å². The quantitative estimate of drug-likeness (QED) is 0.896. The Morgan fingerprint density at radius 2 is 1.85 bits per heavy atom. The van der Waals surface area contributed by atoms with Crippen LogP contribution in [0.2, 0.25) is 0 Å². The van der Waals surface area contributed by atoms with Crippen molar-refractivity contribution >= 4 is 17.9 Å². The number of benzene rings is 2. The summed E-state index contributed by atoms with van der Waals surface area (Å²) in [7, 11) is 0. The zero-order valence-corrected chi connectivity index (χ0v) is 14.6. The minimum Gasteiger partial charge on any atom is -0.356 e. The van der Waals surface area contributed by atoms with E-state index in [1.165, 1.54) is 19.1 Å². The number of hydrogen-bond donors (Lipinski definition) is 1. The van der Waals surface area contributed by atoms with Crippen LogP contribution >= 0.6 is 0 Å². The Balaban J connectivity index is 1.62. The van der Waals surface area contributed by atoms with Crippen LogP contribution in [0.4, 0.5) is 4.39 Å². The van der Waals surface area contributed by atoms with E-state index in [0.29, 0.717) is 13.0 Å². The van der Waals surface area contributed by atoms with Gasteiger partial charge in [0.2, 0.25) is 11.8 Å². The fourth-order valence-electron chi connectivity index (χ4n) is 3.16. The largest absolute Gasteiger partial charge is 0.356 e. The van der Waals surface area contributed by atoms with Gasteiger partial charge in [-0.1, -0.05) is 36.4 Å². The first kappa shape index (κ1) is 17.9. The van der Waals surface area contributed by atoms with Gasteiger partial charge < -0.3 is 10.2 Å². The second kappa shape index (κ2) is 7.95. The zero-order valence-electron chi connectivity index (χ0n) is 14.6. The highest BCUT2D eigenvalue weighted by Gasteiger charge is 2.27. The van der Waals surface area contributed by atoms with Crippen molar-refractivity contribution in [2.24, 2.45) is 0 Å². The van der Waals surface area contributed by atoms with Gasteiger partial charge in [-0.15, -0.1) is 0 Å². The third kappa shape index (κ3) is 4.17. The molecule has 1 N–H and O–H groups in total. The maximum absolute atomic E-state index is 12.9. The number of nitrogens with one attached hydrogen (secondary N) is 1. The number of carbonyl (C=O) groups is 2. The molecule has 2 aromatic rings. The summed E-state index contributed by atoms with van der Waals surface area (Å²) in [5.74, 6) is -0.487. The number of rotatable bonds is 5. The summed E-state index contributed by atoms with van der Waals surface area (Å²) in [6.45, 7) is 1.96. The number of fused-ring (bicyclic) bond motifs is 1. The molecule has 0 radical (unpaired) electrons. The van der Waals surface area contributed by atoms with Gasteiger partial charge in [-0.25, -0.2) is 4.39 Å². The van der Waals surface area contributed by atoms with Crippen molar-refractivity contribution in [1.82, 2.24) is 10.2 Å². The average molecular weight is 352 g/mol. The first-order valence-electron chi connectivity index (χ1n) is 8.62. The molecule has 0 saturated carbocycles. The third-order valence-electron chi connectivity index (χ3n) is 4.50. The van der Waals surface area contributed by atoms with Crippen LogP contribution in [0.15, 0.2) is 54.7 Å². The van der Waals surface area contributed by atoms with Crippen LogP contribution < -0.4 is 5.32 Å². The summed E-state index contributed by atoms with van der Waals surface area (Å²) in [5.41, 5.74) is 2.95. The van der Waals surface area contributed by atoms with E-state index in [2.05, 4.69) is 5.32 Å². The molecule has 1 heterocycles. The fraction of sp³-hybridized carbons (Fsp3) is 0.238. The van der Waals surface area contributed by atoms with E-state index in [0.717, 1.165) is 16.7 Å². The van der Waals surface area contributed by atoms with Gasteiger partial charge in [-0.05, 0) is 41.3 Å². The molecule has 1 aliphatic heterocycles. The van der Waals surface area contributed by atoms with E-state index >= 15 is 0 Å². The van der Waals surface area contributed by atoms with Gasteiger partial charge in [0.05, 0.1) is 12.5 Å². The van der Waals surface area contributed by atoms with Gasteiger partial charge in [0, 0.05) is 19.7 Å². The Morgan fingerprint density at radius 3 is 2.58 bits per heavy atom. The summed E-state index contributed by atoms with van der Waals surface area (Å²) in [4.78, 5) is 25.9. The van der Waals surface area contributed by atoms with E-state index in [-0.39, 0.29) is 30.1 Å². The molecular formula is C21H21FN2O2. The van der Waals surface area contributed by atoms with Crippen LogP contribution in [-0.4, -0.2) is 23.3 Å². The molecule has 1 atom stereocenters. The second-order valence-corrected chi connectivity index (χ2v) is 6.32. The molecule has 26 heavy (non-hydrogen) atoms. The number of halogens is 1. The monoisotopic (exact) mass is 352 g/mol. The minimum atomic E-state index is -0.306. The molecular weight excluding hydrogens is 331 g/mol. The molecule has 134 valence electrons. The predicted octanol–water partition coefficient (Wildman–Crippen LogP) is 3.45. The van der Waals surface area contributed by atoms with Crippen molar-refractivity contribution < 1.29 is 14.0 Å². The highest BCUT2D eigenvalue weighted by molar-refractivity contribution is 5.81. The van der Waals surface area contributed by atoms with Gasteiger partial charge in [0.1, 0.15) is 5.82 Å². The molecule has 0 aliphatic carbocycles. The van der Waals surface area contributed by atoms with Gasteiger partial charge in [-0.3, -0.25) is 9.59 Å². The Bertz CT molecular complexity index is 830. The lowest BCUT2D eigenvalue weighted by molar-refractivity contribution is -0.129. The molecule has 1 aliphatic rings. The van der Waals surface area contributed by atoms with Crippen molar-refractivity contribution in [3.63, 3.8) is 0 Å². The summed E-state index contributed by atoms with van der Waals surface area (Å²) < 4.78 is 12.9. The summed E-state index contributed by atoms with van der Waals surface area (Å²) in [6.07, 6.45) is 4.45. The maximum atomic E-state index is 12.9. The van der Waals surface area contributed by atoms with E-state index < -0.39 is 0 Å². The highest BCUT2D eigenvalue weighted by atomic mass is 19.1. The Labute approximate surface area is 152 Å². The topological polar surface area (TPSA) is 49.4 Å². The first-order valence-corrected chi connectivity index (χ1v) is 8.62. The second-order valence-electron chi connectivity index (χ2n) is 6.32. The smallest absolute Gasteiger partial charge is 0.223 e. The highest BCUT2D eigenvalue weighted by Crippen LogP contribution is 2.32.